The molecule has 1 unspecified atom stereocenters. The number of amides is 1. The molecular weight excluding hydrogens is 254 g/mol. The van der Waals surface area contributed by atoms with E-state index in [-0.39, 0.29) is 11.3 Å². The molecule has 110 valence electrons. The summed E-state index contributed by atoms with van der Waals surface area (Å²) in [5, 5.41) is 2.67. The van der Waals surface area contributed by atoms with Crippen molar-refractivity contribution in [2.24, 2.45) is 5.92 Å². The van der Waals surface area contributed by atoms with E-state index >= 15 is 0 Å². The highest BCUT2D eigenvalue weighted by molar-refractivity contribution is 5.75. The summed E-state index contributed by atoms with van der Waals surface area (Å²) in [6.07, 6.45) is 3.42. The van der Waals surface area contributed by atoms with E-state index in [0.29, 0.717) is 12.3 Å². The minimum absolute atomic E-state index is 0.108. The molecule has 0 aliphatic carbocycles. The number of pyridine rings is 1. The number of carbonyl (C=O) groups excluding carboxylic acids is 1. The van der Waals surface area contributed by atoms with Crippen LogP contribution in [0, 0.1) is 19.8 Å². The van der Waals surface area contributed by atoms with Crippen LogP contribution in [-0.4, -0.2) is 35.9 Å². The molecule has 0 aromatic carbocycles. The molecule has 1 amide bonds. The molecule has 0 saturated carbocycles. The largest absolute Gasteiger partial charge is 0.363 e. The highest BCUT2D eigenvalue weighted by Crippen LogP contribution is 2.21. The molecule has 5 nitrogen and oxygen atoms in total. The molecule has 1 saturated heterocycles. The van der Waals surface area contributed by atoms with Crippen LogP contribution in [0.15, 0.2) is 11.0 Å². The van der Waals surface area contributed by atoms with Gasteiger partial charge in [-0.15, -0.1) is 0 Å². The lowest BCUT2D eigenvalue weighted by molar-refractivity contribution is -0.121. The van der Waals surface area contributed by atoms with Gasteiger partial charge in [0.2, 0.25) is 5.91 Å². The zero-order chi connectivity index (χ0) is 14.7. The standard InChI is InChI=1S/C15H23N3O2/c1-10-7-17-13(11(2)15(10)20)9-18-5-4-12(8-18)6-14(19)16-3/h7,12H,4-6,8-9H2,1-3H3,(H,16,19)(H,17,20). The number of likely N-dealkylation sites (tertiary alicyclic amines) is 1. The zero-order valence-electron chi connectivity index (χ0n) is 12.5. The van der Waals surface area contributed by atoms with E-state index in [1.807, 2.05) is 13.8 Å². The van der Waals surface area contributed by atoms with Crippen LogP contribution in [0.25, 0.3) is 0 Å². The number of nitrogens with one attached hydrogen (secondary N) is 2. The highest BCUT2D eigenvalue weighted by Gasteiger charge is 2.24. The Balaban J connectivity index is 1.97. The Hall–Kier alpha value is -1.62. The second-order valence-electron chi connectivity index (χ2n) is 5.67. The van der Waals surface area contributed by atoms with Gasteiger partial charge in [0.25, 0.3) is 0 Å². The molecule has 1 aromatic heterocycles. The number of aromatic amines is 1. The van der Waals surface area contributed by atoms with Gasteiger partial charge in [-0.2, -0.15) is 0 Å². The summed E-state index contributed by atoms with van der Waals surface area (Å²) in [4.78, 5) is 28.8. The number of carbonyl (C=O) groups is 1. The summed E-state index contributed by atoms with van der Waals surface area (Å²) in [5.74, 6) is 0.532. The van der Waals surface area contributed by atoms with Crippen molar-refractivity contribution in [3.05, 3.63) is 33.2 Å². The van der Waals surface area contributed by atoms with Crippen molar-refractivity contribution >= 4 is 5.91 Å². The first kappa shape index (κ1) is 14.8. The van der Waals surface area contributed by atoms with Gasteiger partial charge in [0.05, 0.1) is 0 Å². The molecule has 1 atom stereocenters. The number of H-pyrrole nitrogens is 1. The predicted molar refractivity (Wildman–Crippen MR) is 78.6 cm³/mol. The monoisotopic (exact) mass is 277 g/mol. The number of nitrogens with zero attached hydrogens (tertiary/aromatic N) is 1. The molecule has 1 aliphatic rings. The second kappa shape index (κ2) is 6.22. The summed E-state index contributed by atoms with van der Waals surface area (Å²) in [7, 11) is 1.68. The number of hydrogen-bond donors (Lipinski definition) is 2. The van der Waals surface area contributed by atoms with Gasteiger partial charge < -0.3 is 10.3 Å². The maximum atomic E-state index is 11.9. The Morgan fingerprint density at radius 1 is 1.50 bits per heavy atom. The van der Waals surface area contributed by atoms with Crippen molar-refractivity contribution in [1.29, 1.82) is 0 Å². The molecule has 0 bridgehead atoms. The van der Waals surface area contributed by atoms with Gasteiger partial charge in [-0.1, -0.05) is 0 Å². The predicted octanol–water partition coefficient (Wildman–Crippen LogP) is 0.950. The molecule has 2 rings (SSSR count). The van der Waals surface area contributed by atoms with Crippen molar-refractivity contribution < 1.29 is 4.79 Å². The summed E-state index contributed by atoms with van der Waals surface area (Å²) in [6.45, 7) is 6.36. The Labute approximate surface area is 119 Å². The van der Waals surface area contributed by atoms with E-state index in [1.165, 1.54) is 0 Å². The first-order chi connectivity index (χ1) is 9.51. The fourth-order valence-electron chi connectivity index (χ4n) is 2.78. The fourth-order valence-corrected chi connectivity index (χ4v) is 2.78. The first-order valence-electron chi connectivity index (χ1n) is 7.12. The van der Waals surface area contributed by atoms with Crippen LogP contribution in [-0.2, 0) is 11.3 Å². The van der Waals surface area contributed by atoms with Crippen molar-refractivity contribution in [3.8, 4) is 0 Å². The smallest absolute Gasteiger partial charge is 0.220 e. The lowest BCUT2D eigenvalue weighted by Gasteiger charge is -2.17. The topological polar surface area (TPSA) is 65.2 Å². The van der Waals surface area contributed by atoms with Gasteiger partial charge in [-0.25, -0.2) is 0 Å². The van der Waals surface area contributed by atoms with E-state index in [4.69, 9.17) is 0 Å². The average molecular weight is 277 g/mol. The fraction of sp³-hybridized carbons (Fsp3) is 0.600. The van der Waals surface area contributed by atoms with Gasteiger partial charge in [0.15, 0.2) is 5.43 Å². The van der Waals surface area contributed by atoms with Crippen LogP contribution in [0.1, 0.15) is 29.7 Å². The second-order valence-corrected chi connectivity index (χ2v) is 5.67. The Morgan fingerprint density at radius 2 is 2.25 bits per heavy atom. The highest BCUT2D eigenvalue weighted by atomic mass is 16.1. The van der Waals surface area contributed by atoms with Crippen molar-refractivity contribution in [1.82, 2.24) is 15.2 Å². The van der Waals surface area contributed by atoms with E-state index in [0.717, 1.165) is 42.9 Å². The Kier molecular flexibility index (Phi) is 4.60. The summed E-state index contributed by atoms with van der Waals surface area (Å²) in [6, 6.07) is 0. The number of hydrogen-bond acceptors (Lipinski definition) is 3. The van der Waals surface area contributed by atoms with Crippen molar-refractivity contribution in [2.45, 2.75) is 33.2 Å². The third-order valence-corrected chi connectivity index (χ3v) is 4.12. The molecule has 0 radical (unpaired) electrons. The van der Waals surface area contributed by atoms with Gasteiger partial charge in [-0.05, 0) is 32.7 Å². The minimum atomic E-state index is 0.108. The quantitative estimate of drug-likeness (QED) is 0.861. The molecule has 5 heteroatoms. The SMILES string of the molecule is CNC(=O)CC1CCN(Cc2[nH]cc(C)c(=O)c2C)C1. The van der Waals surface area contributed by atoms with E-state index in [9.17, 15) is 9.59 Å². The van der Waals surface area contributed by atoms with Crippen LogP contribution < -0.4 is 10.7 Å². The Morgan fingerprint density at radius 3 is 2.95 bits per heavy atom. The Bertz CT molecular complexity index is 551. The third kappa shape index (κ3) is 3.28. The number of rotatable bonds is 4. The lowest BCUT2D eigenvalue weighted by atomic mass is 10.0. The maximum Gasteiger partial charge on any atom is 0.220 e. The average Bonchev–Trinajstić information content (AvgIpc) is 2.86. The molecule has 2 N–H and O–H groups in total. The van der Waals surface area contributed by atoms with Crippen LogP contribution in [0.2, 0.25) is 0 Å². The van der Waals surface area contributed by atoms with Crippen LogP contribution in [0.4, 0.5) is 0 Å². The molecule has 1 aromatic rings. The molecule has 1 aliphatic heterocycles. The molecule has 20 heavy (non-hydrogen) atoms. The summed E-state index contributed by atoms with van der Waals surface area (Å²) in [5.41, 5.74) is 2.67. The zero-order valence-corrected chi connectivity index (χ0v) is 12.5. The van der Waals surface area contributed by atoms with Crippen LogP contribution >= 0.6 is 0 Å². The number of aromatic nitrogens is 1. The van der Waals surface area contributed by atoms with E-state index < -0.39 is 0 Å². The first-order valence-corrected chi connectivity index (χ1v) is 7.12. The lowest BCUT2D eigenvalue weighted by Crippen LogP contribution is -2.26. The van der Waals surface area contributed by atoms with Gasteiger partial charge in [0, 0.05) is 49.6 Å². The number of aryl methyl sites for hydroxylation is 1. The normalized spacial score (nSPS) is 19.2. The molecular formula is C15H23N3O2. The minimum Gasteiger partial charge on any atom is -0.363 e. The summed E-state index contributed by atoms with van der Waals surface area (Å²) >= 11 is 0. The van der Waals surface area contributed by atoms with Crippen molar-refractivity contribution in [2.75, 3.05) is 20.1 Å². The summed E-state index contributed by atoms with van der Waals surface area (Å²) < 4.78 is 0. The van der Waals surface area contributed by atoms with E-state index in [2.05, 4.69) is 15.2 Å². The van der Waals surface area contributed by atoms with Crippen LogP contribution in [0.5, 0.6) is 0 Å². The van der Waals surface area contributed by atoms with Crippen LogP contribution in [0.3, 0.4) is 0 Å². The van der Waals surface area contributed by atoms with Gasteiger partial charge in [-0.3, -0.25) is 14.5 Å². The van der Waals surface area contributed by atoms with E-state index in [1.54, 1.807) is 13.2 Å². The van der Waals surface area contributed by atoms with Gasteiger partial charge >= 0.3 is 0 Å². The van der Waals surface area contributed by atoms with Gasteiger partial charge in [0.1, 0.15) is 0 Å². The molecule has 2 heterocycles. The molecule has 0 spiro atoms. The van der Waals surface area contributed by atoms with Crippen molar-refractivity contribution in [3.63, 3.8) is 0 Å². The third-order valence-electron chi connectivity index (χ3n) is 4.12. The molecule has 1 fully saturated rings. The maximum absolute atomic E-state index is 11.9.